The van der Waals surface area contributed by atoms with Gasteiger partial charge in [-0.3, -0.25) is 10.1 Å². The molecule has 0 unspecified atom stereocenters. The van der Waals surface area contributed by atoms with Crippen molar-refractivity contribution in [3.63, 3.8) is 0 Å². The Hall–Kier alpha value is -2.18. The van der Waals surface area contributed by atoms with Crippen LogP contribution in [0, 0.1) is 21.8 Å². The summed E-state index contributed by atoms with van der Waals surface area (Å²) in [5.41, 5.74) is -0.755. The van der Waals surface area contributed by atoms with Gasteiger partial charge in [-0.1, -0.05) is 6.42 Å². The zero-order valence-corrected chi connectivity index (χ0v) is 11.7. The van der Waals surface area contributed by atoms with Gasteiger partial charge in [0.05, 0.1) is 16.6 Å². The molecule has 6 nitrogen and oxygen atoms in total. The highest BCUT2D eigenvalue weighted by atomic mass is 19.1. The molecule has 21 heavy (non-hydrogen) atoms. The standard InChI is InChI=1S/C14H17FN2O4/c1-2-16(8-9-4-3-5-9)12-6-10(14(18)19)11(15)7-13(12)17(20)21/h6-7,9H,2-5,8H2,1H3,(H,18,19). The molecular weight excluding hydrogens is 279 g/mol. The number of nitro benzene ring substituents is 1. The maximum absolute atomic E-state index is 13.6. The molecule has 0 atom stereocenters. The lowest BCUT2D eigenvalue weighted by atomic mass is 9.85. The molecule has 114 valence electrons. The molecule has 1 fully saturated rings. The Bertz CT molecular complexity index is 572. The third kappa shape index (κ3) is 3.12. The summed E-state index contributed by atoms with van der Waals surface area (Å²) >= 11 is 0. The molecule has 0 amide bonds. The Morgan fingerprint density at radius 3 is 2.62 bits per heavy atom. The fourth-order valence-electron chi connectivity index (χ4n) is 2.50. The predicted molar refractivity (Wildman–Crippen MR) is 75.2 cm³/mol. The van der Waals surface area contributed by atoms with Crippen molar-refractivity contribution >= 4 is 17.3 Å². The average Bonchev–Trinajstić information content (AvgIpc) is 2.37. The Morgan fingerprint density at radius 1 is 1.52 bits per heavy atom. The van der Waals surface area contributed by atoms with Crippen molar-refractivity contribution in [2.75, 3.05) is 18.0 Å². The van der Waals surface area contributed by atoms with Crippen LogP contribution < -0.4 is 4.90 Å². The van der Waals surface area contributed by atoms with Crippen molar-refractivity contribution in [2.45, 2.75) is 26.2 Å². The highest BCUT2D eigenvalue weighted by Crippen LogP contribution is 2.34. The second-order valence-corrected chi connectivity index (χ2v) is 5.22. The molecule has 2 rings (SSSR count). The molecule has 0 saturated heterocycles. The fraction of sp³-hybridized carbons (Fsp3) is 0.500. The first-order valence-electron chi connectivity index (χ1n) is 6.90. The smallest absolute Gasteiger partial charge is 0.338 e. The number of carbonyl (C=O) groups is 1. The SMILES string of the molecule is CCN(CC1CCC1)c1cc(C(=O)O)c(F)cc1[N+](=O)[O-]. The molecule has 0 aromatic heterocycles. The molecule has 1 aliphatic carbocycles. The number of carboxylic acid groups (broad SMARTS) is 1. The van der Waals surface area contributed by atoms with Crippen molar-refractivity contribution in [1.29, 1.82) is 0 Å². The lowest BCUT2D eigenvalue weighted by Gasteiger charge is -2.33. The van der Waals surface area contributed by atoms with Crippen LogP contribution in [0.2, 0.25) is 0 Å². The van der Waals surface area contributed by atoms with Crippen LogP contribution in [0.3, 0.4) is 0 Å². The molecule has 1 aromatic carbocycles. The van der Waals surface area contributed by atoms with Crippen molar-refractivity contribution in [3.8, 4) is 0 Å². The Morgan fingerprint density at radius 2 is 2.19 bits per heavy atom. The van der Waals surface area contributed by atoms with Crippen LogP contribution in [-0.2, 0) is 0 Å². The van der Waals surface area contributed by atoms with Gasteiger partial charge >= 0.3 is 5.97 Å². The van der Waals surface area contributed by atoms with Gasteiger partial charge in [-0.2, -0.15) is 0 Å². The van der Waals surface area contributed by atoms with E-state index in [2.05, 4.69) is 0 Å². The maximum Gasteiger partial charge on any atom is 0.338 e. The summed E-state index contributed by atoms with van der Waals surface area (Å²) < 4.78 is 13.6. The number of halogens is 1. The van der Waals surface area contributed by atoms with E-state index in [9.17, 15) is 19.3 Å². The zero-order chi connectivity index (χ0) is 15.6. The monoisotopic (exact) mass is 296 g/mol. The molecule has 0 radical (unpaired) electrons. The minimum atomic E-state index is -1.43. The first-order chi connectivity index (χ1) is 9.93. The minimum Gasteiger partial charge on any atom is -0.478 e. The maximum atomic E-state index is 13.6. The number of anilines is 1. The normalized spacial score (nSPS) is 14.6. The van der Waals surface area contributed by atoms with Crippen LogP contribution in [0.15, 0.2) is 12.1 Å². The minimum absolute atomic E-state index is 0.174. The second kappa shape index (κ2) is 6.07. The molecule has 0 spiro atoms. The van der Waals surface area contributed by atoms with Crippen LogP contribution >= 0.6 is 0 Å². The van der Waals surface area contributed by atoms with E-state index >= 15 is 0 Å². The van der Waals surface area contributed by atoms with Gasteiger partial charge in [-0.15, -0.1) is 0 Å². The summed E-state index contributed by atoms with van der Waals surface area (Å²) in [5, 5.41) is 20.1. The average molecular weight is 296 g/mol. The van der Waals surface area contributed by atoms with Gasteiger partial charge < -0.3 is 10.0 Å². The van der Waals surface area contributed by atoms with Crippen LogP contribution in [0.1, 0.15) is 36.5 Å². The van der Waals surface area contributed by atoms with E-state index in [1.54, 1.807) is 4.90 Å². The molecule has 0 heterocycles. The predicted octanol–water partition coefficient (Wildman–Crippen LogP) is 3.06. The molecular formula is C14H17FN2O4. The van der Waals surface area contributed by atoms with E-state index < -0.39 is 28.0 Å². The number of aromatic carboxylic acids is 1. The largest absolute Gasteiger partial charge is 0.478 e. The topological polar surface area (TPSA) is 83.7 Å². The van der Waals surface area contributed by atoms with Crippen molar-refractivity contribution < 1.29 is 19.2 Å². The highest BCUT2D eigenvalue weighted by molar-refractivity contribution is 5.90. The summed E-state index contributed by atoms with van der Waals surface area (Å²) in [6.45, 7) is 2.97. The van der Waals surface area contributed by atoms with E-state index in [1.165, 1.54) is 0 Å². The zero-order valence-electron chi connectivity index (χ0n) is 11.7. The van der Waals surface area contributed by atoms with Gasteiger partial charge in [-0.25, -0.2) is 9.18 Å². The Labute approximate surface area is 121 Å². The lowest BCUT2D eigenvalue weighted by Crippen LogP contribution is -2.33. The third-order valence-electron chi connectivity index (χ3n) is 3.92. The highest BCUT2D eigenvalue weighted by Gasteiger charge is 2.27. The molecule has 7 heteroatoms. The molecule has 1 aromatic rings. The van der Waals surface area contributed by atoms with Crippen molar-refractivity contribution in [2.24, 2.45) is 5.92 Å². The number of benzene rings is 1. The summed E-state index contributed by atoms with van der Waals surface area (Å²) in [6, 6.07) is 1.76. The van der Waals surface area contributed by atoms with Gasteiger partial charge in [0, 0.05) is 13.1 Å². The molecule has 1 N–H and O–H groups in total. The summed E-state index contributed by atoms with van der Waals surface area (Å²) in [7, 11) is 0. The fourth-order valence-corrected chi connectivity index (χ4v) is 2.50. The van der Waals surface area contributed by atoms with Gasteiger partial charge in [0.25, 0.3) is 5.69 Å². The number of nitrogens with zero attached hydrogens (tertiary/aromatic N) is 2. The summed E-state index contributed by atoms with van der Waals surface area (Å²) in [4.78, 5) is 23.2. The lowest BCUT2D eigenvalue weighted by molar-refractivity contribution is -0.384. The molecule has 1 aliphatic rings. The van der Waals surface area contributed by atoms with Crippen molar-refractivity contribution in [1.82, 2.24) is 0 Å². The quantitative estimate of drug-likeness (QED) is 0.644. The van der Waals surface area contributed by atoms with Gasteiger partial charge in [0.1, 0.15) is 11.5 Å². The van der Waals surface area contributed by atoms with E-state index in [4.69, 9.17) is 5.11 Å². The number of hydrogen-bond donors (Lipinski definition) is 1. The van der Waals surface area contributed by atoms with E-state index in [-0.39, 0.29) is 5.69 Å². The van der Waals surface area contributed by atoms with E-state index in [0.29, 0.717) is 25.1 Å². The number of rotatable bonds is 6. The van der Waals surface area contributed by atoms with Gasteiger partial charge in [-0.05, 0) is 31.7 Å². The molecule has 1 saturated carbocycles. The summed E-state index contributed by atoms with van der Waals surface area (Å²) in [6.07, 6.45) is 3.28. The van der Waals surface area contributed by atoms with Crippen LogP contribution in [0.5, 0.6) is 0 Å². The van der Waals surface area contributed by atoms with Crippen molar-refractivity contribution in [3.05, 3.63) is 33.6 Å². The van der Waals surface area contributed by atoms with Crippen LogP contribution in [0.4, 0.5) is 15.8 Å². The Kier molecular flexibility index (Phi) is 4.40. The first-order valence-corrected chi connectivity index (χ1v) is 6.90. The number of carboxylic acids is 1. The number of nitro groups is 1. The molecule has 0 bridgehead atoms. The van der Waals surface area contributed by atoms with E-state index in [1.807, 2.05) is 6.92 Å². The van der Waals surface area contributed by atoms with Crippen LogP contribution in [0.25, 0.3) is 0 Å². The van der Waals surface area contributed by atoms with Gasteiger partial charge in [0.2, 0.25) is 0 Å². The summed E-state index contributed by atoms with van der Waals surface area (Å²) in [5.74, 6) is -2.05. The first kappa shape index (κ1) is 15.2. The second-order valence-electron chi connectivity index (χ2n) is 5.22. The molecule has 0 aliphatic heterocycles. The van der Waals surface area contributed by atoms with E-state index in [0.717, 1.165) is 25.3 Å². The third-order valence-corrected chi connectivity index (χ3v) is 3.92. The van der Waals surface area contributed by atoms with Crippen LogP contribution in [-0.4, -0.2) is 29.1 Å². The number of hydrogen-bond acceptors (Lipinski definition) is 4. The Balaban J connectivity index is 2.43. The van der Waals surface area contributed by atoms with Gasteiger partial charge in [0.15, 0.2) is 0 Å².